The summed E-state index contributed by atoms with van der Waals surface area (Å²) in [6, 6.07) is 15.9. The number of rotatable bonds is 8. The maximum atomic E-state index is 6.35. The van der Waals surface area contributed by atoms with Crippen molar-refractivity contribution in [1.82, 2.24) is 15.2 Å². The van der Waals surface area contributed by atoms with Crippen molar-refractivity contribution in [2.45, 2.75) is 31.1 Å². The molecule has 7 heteroatoms. The Morgan fingerprint density at radius 1 is 1.17 bits per heavy atom. The third-order valence-corrected chi connectivity index (χ3v) is 5.45. The van der Waals surface area contributed by atoms with Crippen LogP contribution in [0.1, 0.15) is 31.6 Å². The topological polar surface area (TPSA) is 69.2 Å². The van der Waals surface area contributed by atoms with Crippen molar-refractivity contribution in [3.8, 4) is 22.9 Å². The lowest BCUT2D eigenvalue weighted by atomic mass is 10.1. The molecule has 4 rings (SSSR count). The lowest BCUT2D eigenvalue weighted by Gasteiger charge is -2.22. The second-order valence-electron chi connectivity index (χ2n) is 6.78. The fraction of sp³-hybridized carbons (Fsp3) is 0.261. The summed E-state index contributed by atoms with van der Waals surface area (Å²) in [6.07, 6.45) is 3.41. The number of benzene rings is 2. The number of aromatic nitrogens is 3. The molecule has 3 aromatic rings. The van der Waals surface area contributed by atoms with E-state index in [0.29, 0.717) is 29.1 Å². The van der Waals surface area contributed by atoms with Crippen LogP contribution in [0.25, 0.3) is 11.3 Å². The SMILES string of the molecule is C=CCSc1nnc2c(n1)OC(c1ccccc1OCCCC)Nc1ccccc1-2. The number of anilines is 1. The molecule has 0 saturated heterocycles. The second-order valence-corrected chi connectivity index (χ2v) is 7.76. The summed E-state index contributed by atoms with van der Waals surface area (Å²) < 4.78 is 12.4. The lowest BCUT2D eigenvalue weighted by Crippen LogP contribution is -2.18. The lowest BCUT2D eigenvalue weighted by molar-refractivity contribution is 0.215. The van der Waals surface area contributed by atoms with Crippen LogP contribution in [0.5, 0.6) is 11.6 Å². The average Bonchev–Trinajstić information content (AvgIpc) is 2.94. The maximum absolute atomic E-state index is 6.35. The van der Waals surface area contributed by atoms with E-state index in [0.717, 1.165) is 35.4 Å². The van der Waals surface area contributed by atoms with Crippen molar-refractivity contribution in [2.75, 3.05) is 17.7 Å². The molecule has 0 spiro atoms. The standard InChI is InChI=1S/C23H24N4O2S/c1-3-5-14-28-19-13-9-7-11-17(19)21-24-18-12-8-6-10-16(18)20-22(29-21)25-23(27-26-20)30-15-4-2/h4,6-13,21,24H,2-3,5,14-15H2,1H3. The van der Waals surface area contributed by atoms with E-state index in [4.69, 9.17) is 9.47 Å². The Hall–Kier alpha value is -3.06. The van der Waals surface area contributed by atoms with E-state index in [1.165, 1.54) is 11.8 Å². The van der Waals surface area contributed by atoms with Crippen LogP contribution >= 0.6 is 11.8 Å². The molecule has 1 atom stereocenters. The third kappa shape index (κ3) is 4.41. The first kappa shape index (κ1) is 20.2. The van der Waals surface area contributed by atoms with Gasteiger partial charge in [-0.1, -0.05) is 61.5 Å². The van der Waals surface area contributed by atoms with Gasteiger partial charge < -0.3 is 14.8 Å². The van der Waals surface area contributed by atoms with Gasteiger partial charge in [0.2, 0.25) is 17.3 Å². The van der Waals surface area contributed by atoms with Gasteiger partial charge in [-0.15, -0.1) is 16.8 Å². The number of fused-ring (bicyclic) bond motifs is 3. The molecule has 6 nitrogen and oxygen atoms in total. The average molecular weight is 421 g/mol. The Bertz CT molecular complexity index is 1030. The van der Waals surface area contributed by atoms with Crippen molar-refractivity contribution in [3.63, 3.8) is 0 Å². The van der Waals surface area contributed by atoms with Crippen molar-refractivity contribution >= 4 is 17.4 Å². The van der Waals surface area contributed by atoms with Gasteiger partial charge >= 0.3 is 0 Å². The van der Waals surface area contributed by atoms with E-state index in [2.05, 4.69) is 34.0 Å². The Kier molecular flexibility index (Phi) is 6.49. The molecule has 0 amide bonds. The molecule has 0 aliphatic carbocycles. The second kappa shape index (κ2) is 9.63. The molecule has 2 aromatic carbocycles. The molecule has 154 valence electrons. The summed E-state index contributed by atoms with van der Waals surface area (Å²) in [5, 5.41) is 12.7. The van der Waals surface area contributed by atoms with E-state index in [9.17, 15) is 0 Å². The van der Waals surface area contributed by atoms with Gasteiger partial charge in [0, 0.05) is 17.0 Å². The Balaban J connectivity index is 1.73. The predicted molar refractivity (Wildman–Crippen MR) is 120 cm³/mol. The molecule has 1 aliphatic heterocycles. The molecule has 30 heavy (non-hydrogen) atoms. The van der Waals surface area contributed by atoms with E-state index in [1.54, 1.807) is 0 Å². The molecular formula is C23H24N4O2S. The molecule has 0 fully saturated rings. The summed E-state index contributed by atoms with van der Waals surface area (Å²) >= 11 is 1.47. The highest BCUT2D eigenvalue weighted by molar-refractivity contribution is 7.99. The van der Waals surface area contributed by atoms with E-state index < -0.39 is 6.23 Å². The highest BCUT2D eigenvalue weighted by Gasteiger charge is 2.27. The number of nitrogens with one attached hydrogen (secondary N) is 1. The quantitative estimate of drug-likeness (QED) is 0.293. The number of unbranched alkanes of at least 4 members (excludes halogenated alkanes) is 1. The van der Waals surface area contributed by atoms with Gasteiger partial charge in [0.15, 0.2) is 5.69 Å². The zero-order chi connectivity index (χ0) is 20.8. The first-order chi connectivity index (χ1) is 14.8. The summed E-state index contributed by atoms with van der Waals surface area (Å²) in [7, 11) is 0. The molecule has 1 aromatic heterocycles. The molecule has 0 radical (unpaired) electrons. The first-order valence-electron chi connectivity index (χ1n) is 10.0. The van der Waals surface area contributed by atoms with Crippen molar-refractivity contribution in [2.24, 2.45) is 0 Å². The van der Waals surface area contributed by atoms with Crippen molar-refractivity contribution in [3.05, 3.63) is 66.7 Å². The van der Waals surface area contributed by atoms with Crippen LogP contribution in [0, 0.1) is 0 Å². The first-order valence-corrected chi connectivity index (χ1v) is 11.0. The smallest absolute Gasteiger partial charge is 0.247 e. The maximum Gasteiger partial charge on any atom is 0.247 e. The fourth-order valence-electron chi connectivity index (χ4n) is 3.14. The highest BCUT2D eigenvalue weighted by Crippen LogP contribution is 2.41. The number of para-hydroxylation sites is 2. The third-order valence-electron chi connectivity index (χ3n) is 4.62. The number of thioether (sulfide) groups is 1. The van der Waals surface area contributed by atoms with Gasteiger partial charge in [-0.3, -0.25) is 0 Å². The van der Waals surface area contributed by atoms with E-state index in [-0.39, 0.29) is 0 Å². The monoisotopic (exact) mass is 420 g/mol. The van der Waals surface area contributed by atoms with Gasteiger partial charge in [0.05, 0.1) is 12.2 Å². The Morgan fingerprint density at radius 2 is 2.00 bits per heavy atom. The highest BCUT2D eigenvalue weighted by atomic mass is 32.2. The minimum Gasteiger partial charge on any atom is -0.493 e. The number of nitrogens with zero attached hydrogens (tertiary/aromatic N) is 3. The summed E-state index contributed by atoms with van der Waals surface area (Å²) in [4.78, 5) is 4.63. The van der Waals surface area contributed by atoms with Crippen LogP contribution in [0.15, 0.2) is 66.3 Å². The van der Waals surface area contributed by atoms with Crippen LogP contribution in [-0.2, 0) is 0 Å². The fourth-order valence-corrected chi connectivity index (χ4v) is 3.65. The Labute approximate surface area is 180 Å². The van der Waals surface area contributed by atoms with Gasteiger partial charge in [-0.05, 0) is 24.6 Å². The van der Waals surface area contributed by atoms with Crippen LogP contribution in [0.2, 0.25) is 0 Å². The zero-order valence-corrected chi connectivity index (χ0v) is 17.7. The summed E-state index contributed by atoms with van der Waals surface area (Å²) in [6.45, 7) is 6.56. The predicted octanol–water partition coefficient (Wildman–Crippen LogP) is 5.50. The molecule has 1 aliphatic rings. The molecule has 0 saturated carbocycles. The van der Waals surface area contributed by atoms with Gasteiger partial charge in [-0.25, -0.2) is 0 Å². The van der Waals surface area contributed by atoms with E-state index >= 15 is 0 Å². The van der Waals surface area contributed by atoms with E-state index in [1.807, 2.05) is 54.6 Å². The summed E-state index contributed by atoms with van der Waals surface area (Å²) in [5.41, 5.74) is 3.34. The normalized spacial score (nSPS) is 14.5. The molecule has 1 unspecified atom stereocenters. The van der Waals surface area contributed by atoms with Crippen LogP contribution in [0.3, 0.4) is 0 Å². The molecule has 2 heterocycles. The zero-order valence-electron chi connectivity index (χ0n) is 16.9. The number of hydrogen-bond acceptors (Lipinski definition) is 7. The van der Waals surface area contributed by atoms with Crippen molar-refractivity contribution < 1.29 is 9.47 Å². The van der Waals surface area contributed by atoms with Gasteiger partial charge in [-0.2, -0.15) is 4.98 Å². The minimum absolute atomic E-state index is 0.447. The minimum atomic E-state index is -0.473. The molecular weight excluding hydrogens is 396 g/mol. The molecule has 1 N–H and O–H groups in total. The van der Waals surface area contributed by atoms with Gasteiger partial charge in [0.25, 0.3) is 0 Å². The van der Waals surface area contributed by atoms with Crippen LogP contribution in [0.4, 0.5) is 5.69 Å². The summed E-state index contributed by atoms with van der Waals surface area (Å²) in [5.74, 6) is 1.95. The van der Waals surface area contributed by atoms with Gasteiger partial charge in [0.1, 0.15) is 5.75 Å². The largest absolute Gasteiger partial charge is 0.493 e. The van der Waals surface area contributed by atoms with Crippen LogP contribution in [-0.4, -0.2) is 27.5 Å². The Morgan fingerprint density at radius 3 is 2.87 bits per heavy atom. The van der Waals surface area contributed by atoms with Crippen molar-refractivity contribution in [1.29, 1.82) is 0 Å². The number of ether oxygens (including phenoxy) is 2. The van der Waals surface area contributed by atoms with Crippen LogP contribution < -0.4 is 14.8 Å². The molecule has 0 bridgehead atoms. The number of hydrogen-bond donors (Lipinski definition) is 1.